The first kappa shape index (κ1) is 20.9. The number of nitrogens with one attached hydrogen (secondary N) is 1. The van der Waals surface area contributed by atoms with Crippen LogP contribution in [0.1, 0.15) is 49.7 Å². The maximum atomic E-state index is 13.5. The van der Waals surface area contributed by atoms with Gasteiger partial charge in [0.15, 0.2) is 5.78 Å². The Bertz CT molecular complexity index is 1070. The summed E-state index contributed by atoms with van der Waals surface area (Å²) in [6, 6.07) is 17.7. The average molecular weight is 418 g/mol. The van der Waals surface area contributed by atoms with Crippen LogP contribution in [0.5, 0.6) is 5.75 Å². The number of dihydropyridines is 1. The molecule has 1 aliphatic heterocycles. The highest BCUT2D eigenvalue weighted by atomic mass is 16.5. The van der Waals surface area contributed by atoms with E-state index in [-0.39, 0.29) is 11.7 Å². The number of para-hydroxylation sites is 1. The van der Waals surface area contributed by atoms with E-state index in [0.29, 0.717) is 42.0 Å². The number of allylic oxidation sites excluding steroid dienone is 3. The summed E-state index contributed by atoms with van der Waals surface area (Å²) < 4.78 is 11.0. The Morgan fingerprint density at radius 3 is 2.48 bits per heavy atom. The third-order valence-electron chi connectivity index (χ3n) is 6.03. The van der Waals surface area contributed by atoms with Gasteiger partial charge < -0.3 is 14.8 Å². The minimum atomic E-state index is -0.518. The number of benzene rings is 2. The summed E-state index contributed by atoms with van der Waals surface area (Å²) >= 11 is 0. The number of hydrogen-bond donors (Lipinski definition) is 1. The van der Waals surface area contributed by atoms with Crippen molar-refractivity contribution in [2.75, 3.05) is 13.7 Å². The SMILES string of the molecule is CCOc1ccccc1[C@H]1C(C(=O)OC)=C(C)NC2=C1C(=O)C[C@H](c1ccccc1)C2. The van der Waals surface area contributed by atoms with Crippen LogP contribution in [0.2, 0.25) is 0 Å². The molecule has 5 heteroatoms. The van der Waals surface area contributed by atoms with Crippen LogP contribution < -0.4 is 10.1 Å². The fourth-order valence-corrected chi connectivity index (χ4v) is 4.70. The second kappa shape index (κ2) is 8.80. The van der Waals surface area contributed by atoms with E-state index in [1.807, 2.05) is 56.3 Å². The highest BCUT2D eigenvalue weighted by Gasteiger charge is 2.42. The molecule has 4 rings (SSSR count). The predicted octanol–water partition coefficient (Wildman–Crippen LogP) is 4.62. The van der Waals surface area contributed by atoms with Gasteiger partial charge in [0.05, 0.1) is 25.2 Å². The number of carbonyl (C=O) groups excluding carboxylic acids is 2. The lowest BCUT2D eigenvalue weighted by molar-refractivity contribution is -0.136. The van der Waals surface area contributed by atoms with E-state index in [1.165, 1.54) is 7.11 Å². The molecule has 1 aliphatic carbocycles. The highest BCUT2D eigenvalue weighted by molar-refractivity contribution is 6.04. The molecule has 1 N–H and O–H groups in total. The van der Waals surface area contributed by atoms with Gasteiger partial charge >= 0.3 is 5.97 Å². The molecule has 0 spiro atoms. The van der Waals surface area contributed by atoms with Crippen molar-refractivity contribution in [3.05, 3.63) is 88.3 Å². The van der Waals surface area contributed by atoms with Crippen LogP contribution in [-0.2, 0) is 14.3 Å². The molecule has 2 aromatic rings. The van der Waals surface area contributed by atoms with Gasteiger partial charge in [-0.05, 0) is 37.8 Å². The molecule has 0 amide bonds. The Hall–Kier alpha value is -3.34. The first-order chi connectivity index (χ1) is 15.0. The second-order valence-corrected chi connectivity index (χ2v) is 7.89. The Morgan fingerprint density at radius 2 is 1.77 bits per heavy atom. The van der Waals surface area contributed by atoms with E-state index in [9.17, 15) is 9.59 Å². The number of Topliss-reactive ketones (excluding diaryl/α,β-unsaturated/α-hetero) is 1. The first-order valence-corrected chi connectivity index (χ1v) is 10.6. The third kappa shape index (κ3) is 3.88. The monoisotopic (exact) mass is 417 g/mol. The van der Waals surface area contributed by atoms with Gasteiger partial charge in [0.1, 0.15) is 5.75 Å². The largest absolute Gasteiger partial charge is 0.494 e. The summed E-state index contributed by atoms with van der Waals surface area (Å²) in [5, 5.41) is 3.36. The average Bonchev–Trinajstić information content (AvgIpc) is 2.79. The van der Waals surface area contributed by atoms with Crippen molar-refractivity contribution < 1.29 is 19.1 Å². The zero-order valence-corrected chi connectivity index (χ0v) is 18.1. The van der Waals surface area contributed by atoms with Crippen LogP contribution in [0.25, 0.3) is 0 Å². The van der Waals surface area contributed by atoms with Crippen molar-refractivity contribution in [1.82, 2.24) is 5.32 Å². The molecule has 31 heavy (non-hydrogen) atoms. The molecule has 0 fully saturated rings. The topological polar surface area (TPSA) is 64.6 Å². The summed E-state index contributed by atoms with van der Waals surface area (Å²) in [5.74, 6) is -0.125. The van der Waals surface area contributed by atoms with Crippen molar-refractivity contribution in [3.63, 3.8) is 0 Å². The molecular weight excluding hydrogens is 390 g/mol. The zero-order valence-electron chi connectivity index (χ0n) is 18.1. The number of methoxy groups -OCH3 is 1. The van der Waals surface area contributed by atoms with Crippen LogP contribution >= 0.6 is 0 Å². The van der Waals surface area contributed by atoms with Crippen molar-refractivity contribution >= 4 is 11.8 Å². The van der Waals surface area contributed by atoms with Gasteiger partial charge in [-0.15, -0.1) is 0 Å². The Morgan fingerprint density at radius 1 is 1.06 bits per heavy atom. The Labute approximate surface area is 182 Å². The summed E-state index contributed by atoms with van der Waals surface area (Å²) in [4.78, 5) is 26.3. The lowest BCUT2D eigenvalue weighted by Crippen LogP contribution is -2.36. The molecular formula is C26H27NO4. The Kier molecular flexibility index (Phi) is 5.94. The van der Waals surface area contributed by atoms with Gasteiger partial charge in [0, 0.05) is 29.0 Å². The van der Waals surface area contributed by atoms with E-state index < -0.39 is 11.9 Å². The number of esters is 1. The van der Waals surface area contributed by atoms with E-state index >= 15 is 0 Å². The Balaban J connectivity index is 1.85. The van der Waals surface area contributed by atoms with Gasteiger partial charge in [-0.3, -0.25) is 4.79 Å². The number of ether oxygens (including phenoxy) is 2. The number of carbonyl (C=O) groups is 2. The van der Waals surface area contributed by atoms with Crippen molar-refractivity contribution in [3.8, 4) is 5.75 Å². The van der Waals surface area contributed by atoms with Gasteiger partial charge in [-0.25, -0.2) is 4.79 Å². The van der Waals surface area contributed by atoms with Crippen LogP contribution in [-0.4, -0.2) is 25.5 Å². The first-order valence-electron chi connectivity index (χ1n) is 10.6. The van der Waals surface area contributed by atoms with E-state index in [4.69, 9.17) is 9.47 Å². The minimum Gasteiger partial charge on any atom is -0.494 e. The maximum absolute atomic E-state index is 13.5. The summed E-state index contributed by atoms with van der Waals surface area (Å²) in [7, 11) is 1.37. The molecule has 0 bridgehead atoms. The number of rotatable bonds is 5. The van der Waals surface area contributed by atoms with E-state index in [2.05, 4.69) is 17.4 Å². The van der Waals surface area contributed by atoms with Crippen molar-refractivity contribution in [1.29, 1.82) is 0 Å². The standard InChI is InChI=1S/C26H27NO4/c1-4-31-22-13-9-8-12-19(22)24-23(26(29)30-3)16(2)27-20-14-18(15-21(28)25(20)24)17-10-6-5-7-11-17/h5-13,18,24,27H,4,14-15H2,1-3H3/t18-,24+/m1/s1. The summed E-state index contributed by atoms with van der Waals surface area (Å²) in [6.07, 6.45) is 1.12. The molecule has 0 aromatic heterocycles. The quantitative estimate of drug-likeness (QED) is 0.719. The molecule has 160 valence electrons. The summed E-state index contributed by atoms with van der Waals surface area (Å²) in [5.41, 5.74) is 4.65. The zero-order chi connectivity index (χ0) is 22.0. The molecule has 5 nitrogen and oxygen atoms in total. The molecule has 2 aromatic carbocycles. The minimum absolute atomic E-state index is 0.0489. The van der Waals surface area contributed by atoms with Gasteiger partial charge in [0.2, 0.25) is 0 Å². The molecule has 2 aliphatic rings. The summed E-state index contributed by atoms with van der Waals surface area (Å²) in [6.45, 7) is 4.28. The van der Waals surface area contributed by atoms with Crippen LogP contribution in [0.3, 0.4) is 0 Å². The third-order valence-corrected chi connectivity index (χ3v) is 6.03. The highest BCUT2D eigenvalue weighted by Crippen LogP contribution is 2.47. The molecule has 0 unspecified atom stereocenters. The van der Waals surface area contributed by atoms with Crippen molar-refractivity contribution in [2.24, 2.45) is 0 Å². The number of hydrogen-bond acceptors (Lipinski definition) is 5. The fraction of sp³-hybridized carbons (Fsp3) is 0.308. The van der Waals surface area contributed by atoms with E-state index in [0.717, 1.165) is 16.8 Å². The normalized spacial score (nSPS) is 20.8. The van der Waals surface area contributed by atoms with Crippen LogP contribution in [0, 0.1) is 0 Å². The number of ketones is 1. The predicted molar refractivity (Wildman–Crippen MR) is 119 cm³/mol. The molecule has 0 radical (unpaired) electrons. The fourth-order valence-electron chi connectivity index (χ4n) is 4.70. The lowest BCUT2D eigenvalue weighted by atomic mass is 9.71. The van der Waals surface area contributed by atoms with Gasteiger partial charge in [-0.2, -0.15) is 0 Å². The van der Waals surface area contributed by atoms with Gasteiger partial charge in [-0.1, -0.05) is 48.5 Å². The smallest absolute Gasteiger partial charge is 0.336 e. The maximum Gasteiger partial charge on any atom is 0.336 e. The van der Waals surface area contributed by atoms with Crippen LogP contribution in [0.4, 0.5) is 0 Å². The second-order valence-electron chi connectivity index (χ2n) is 7.89. The van der Waals surface area contributed by atoms with Crippen molar-refractivity contribution in [2.45, 2.75) is 38.5 Å². The molecule has 0 saturated carbocycles. The molecule has 0 saturated heterocycles. The lowest BCUT2D eigenvalue weighted by Gasteiger charge is -2.37. The van der Waals surface area contributed by atoms with Gasteiger partial charge in [0.25, 0.3) is 0 Å². The van der Waals surface area contributed by atoms with E-state index in [1.54, 1.807) is 0 Å². The molecule has 2 atom stereocenters. The van der Waals surface area contributed by atoms with Crippen LogP contribution in [0.15, 0.2) is 77.1 Å². The molecule has 1 heterocycles.